The third-order valence-corrected chi connectivity index (χ3v) is 3.25. The summed E-state index contributed by atoms with van der Waals surface area (Å²) in [6.45, 7) is 7.34. The second kappa shape index (κ2) is 7.46. The quantitative estimate of drug-likeness (QED) is 0.786. The molecule has 96 valence electrons. The van der Waals surface area contributed by atoms with Crippen LogP contribution in [0, 0.1) is 0 Å². The Morgan fingerprint density at radius 3 is 2.41 bits per heavy atom. The molecule has 0 aliphatic rings. The maximum absolute atomic E-state index is 5.67. The molecule has 0 spiro atoms. The Morgan fingerprint density at radius 2 is 1.88 bits per heavy atom. The smallest absolute Gasteiger partial charge is 0.0230 e. The Kier molecular flexibility index (Phi) is 6.23. The Hall–Kier alpha value is -0.860. The number of rotatable bonds is 7. The fourth-order valence-corrected chi connectivity index (χ4v) is 1.91. The monoisotopic (exact) mass is 234 g/mol. The molecule has 1 unspecified atom stereocenters. The summed E-state index contributed by atoms with van der Waals surface area (Å²) in [5, 5.41) is 0. The molecular weight excluding hydrogens is 208 g/mol. The van der Waals surface area contributed by atoms with Gasteiger partial charge in [-0.15, -0.1) is 0 Å². The zero-order valence-corrected chi connectivity index (χ0v) is 11.4. The highest BCUT2D eigenvalue weighted by Crippen LogP contribution is 2.15. The predicted octanol–water partition coefficient (Wildman–Crippen LogP) is 2.98. The zero-order chi connectivity index (χ0) is 12.7. The molecule has 0 amide bonds. The van der Waals surface area contributed by atoms with Gasteiger partial charge in [-0.3, -0.25) is 0 Å². The van der Waals surface area contributed by atoms with Gasteiger partial charge >= 0.3 is 0 Å². The summed E-state index contributed by atoms with van der Waals surface area (Å²) in [6.07, 6.45) is 2.54. The number of hydrogen-bond acceptors (Lipinski definition) is 2. The topological polar surface area (TPSA) is 29.3 Å². The average Bonchev–Trinajstić information content (AvgIpc) is 2.36. The maximum atomic E-state index is 5.67. The molecule has 17 heavy (non-hydrogen) atoms. The lowest BCUT2D eigenvalue weighted by Crippen LogP contribution is -2.18. The molecule has 2 N–H and O–H groups in total. The number of hydrogen-bond donors (Lipinski definition) is 1. The fraction of sp³-hybridized carbons (Fsp3) is 0.600. The van der Waals surface area contributed by atoms with Crippen molar-refractivity contribution in [3.8, 4) is 0 Å². The molecule has 0 saturated heterocycles. The second-order valence-corrected chi connectivity index (χ2v) is 4.97. The third-order valence-electron chi connectivity index (χ3n) is 3.25. The first-order valence-electron chi connectivity index (χ1n) is 6.64. The molecule has 0 aliphatic carbocycles. The van der Waals surface area contributed by atoms with Gasteiger partial charge in [-0.25, -0.2) is 0 Å². The number of unbranched alkanes of at least 4 members (excludes halogenated alkanes) is 1. The minimum Gasteiger partial charge on any atom is -0.330 e. The molecule has 1 rings (SSSR count). The van der Waals surface area contributed by atoms with E-state index in [1.165, 1.54) is 30.5 Å². The molecule has 0 bridgehead atoms. The van der Waals surface area contributed by atoms with E-state index in [4.69, 9.17) is 5.73 Å². The van der Waals surface area contributed by atoms with Gasteiger partial charge in [-0.1, -0.05) is 44.5 Å². The number of nitrogens with zero attached hydrogens (tertiary/aromatic N) is 1. The summed E-state index contributed by atoms with van der Waals surface area (Å²) in [4.78, 5) is 2.38. The SMILES string of the molecule is CCCCN(C)Cc1ccc(C(C)CN)cc1. The molecule has 0 saturated carbocycles. The standard InChI is InChI=1S/C15H26N2/c1-4-5-10-17(3)12-14-6-8-15(9-7-14)13(2)11-16/h6-9,13H,4-5,10-12,16H2,1-3H3. The van der Waals surface area contributed by atoms with Gasteiger partial charge in [0.05, 0.1) is 0 Å². The van der Waals surface area contributed by atoms with Gasteiger partial charge in [0.1, 0.15) is 0 Å². The van der Waals surface area contributed by atoms with Crippen molar-refractivity contribution in [2.75, 3.05) is 20.1 Å². The van der Waals surface area contributed by atoms with Gasteiger partial charge in [0, 0.05) is 6.54 Å². The summed E-state index contributed by atoms with van der Waals surface area (Å²) in [6, 6.07) is 8.87. The van der Waals surface area contributed by atoms with Crippen molar-refractivity contribution in [3.05, 3.63) is 35.4 Å². The van der Waals surface area contributed by atoms with Crippen molar-refractivity contribution < 1.29 is 0 Å². The molecule has 1 atom stereocenters. The lowest BCUT2D eigenvalue weighted by atomic mass is 10.00. The van der Waals surface area contributed by atoms with E-state index in [1.54, 1.807) is 0 Å². The normalized spacial score (nSPS) is 13.0. The van der Waals surface area contributed by atoms with E-state index in [9.17, 15) is 0 Å². The van der Waals surface area contributed by atoms with Gasteiger partial charge in [0.2, 0.25) is 0 Å². The highest BCUT2D eigenvalue weighted by molar-refractivity contribution is 5.25. The highest BCUT2D eigenvalue weighted by atomic mass is 15.1. The molecule has 0 heterocycles. The first kappa shape index (κ1) is 14.2. The van der Waals surface area contributed by atoms with Crippen molar-refractivity contribution in [1.82, 2.24) is 4.90 Å². The summed E-state index contributed by atoms with van der Waals surface area (Å²) >= 11 is 0. The van der Waals surface area contributed by atoms with Crippen LogP contribution in [0.3, 0.4) is 0 Å². The zero-order valence-electron chi connectivity index (χ0n) is 11.4. The number of benzene rings is 1. The molecule has 2 nitrogen and oxygen atoms in total. The van der Waals surface area contributed by atoms with Crippen molar-refractivity contribution >= 4 is 0 Å². The maximum Gasteiger partial charge on any atom is 0.0230 e. The van der Waals surface area contributed by atoms with Gasteiger partial charge in [-0.05, 0) is 43.6 Å². The summed E-state index contributed by atoms with van der Waals surface area (Å²) < 4.78 is 0. The van der Waals surface area contributed by atoms with E-state index in [0.29, 0.717) is 5.92 Å². The number of nitrogens with two attached hydrogens (primary N) is 1. The fourth-order valence-electron chi connectivity index (χ4n) is 1.91. The minimum absolute atomic E-state index is 0.460. The van der Waals surface area contributed by atoms with Crippen LogP contribution >= 0.6 is 0 Å². The lowest BCUT2D eigenvalue weighted by Gasteiger charge is -2.17. The van der Waals surface area contributed by atoms with Crippen LogP contribution in [0.5, 0.6) is 0 Å². The van der Waals surface area contributed by atoms with Crippen molar-refractivity contribution in [1.29, 1.82) is 0 Å². The first-order chi connectivity index (χ1) is 8.17. The molecular formula is C15H26N2. The largest absolute Gasteiger partial charge is 0.330 e. The third kappa shape index (κ3) is 4.88. The van der Waals surface area contributed by atoms with Gasteiger partial charge in [-0.2, -0.15) is 0 Å². The van der Waals surface area contributed by atoms with Crippen LogP contribution in [0.25, 0.3) is 0 Å². The minimum atomic E-state index is 0.460. The van der Waals surface area contributed by atoms with E-state index >= 15 is 0 Å². The first-order valence-corrected chi connectivity index (χ1v) is 6.64. The van der Waals surface area contributed by atoms with Crippen LogP contribution in [0.2, 0.25) is 0 Å². The molecule has 1 aromatic carbocycles. The van der Waals surface area contributed by atoms with Crippen molar-refractivity contribution in [2.45, 2.75) is 39.2 Å². The van der Waals surface area contributed by atoms with Crippen LogP contribution in [0.1, 0.15) is 43.7 Å². The van der Waals surface area contributed by atoms with E-state index in [1.807, 2.05) is 0 Å². The Morgan fingerprint density at radius 1 is 1.24 bits per heavy atom. The molecule has 0 aromatic heterocycles. The molecule has 0 radical (unpaired) electrons. The summed E-state index contributed by atoms with van der Waals surface area (Å²) in [5.74, 6) is 0.460. The lowest BCUT2D eigenvalue weighted by molar-refractivity contribution is 0.321. The second-order valence-electron chi connectivity index (χ2n) is 4.97. The van der Waals surface area contributed by atoms with Gasteiger partial charge in [0.15, 0.2) is 0 Å². The van der Waals surface area contributed by atoms with Crippen LogP contribution in [-0.2, 0) is 6.54 Å². The van der Waals surface area contributed by atoms with E-state index in [0.717, 1.165) is 13.1 Å². The van der Waals surface area contributed by atoms with Crippen LogP contribution < -0.4 is 5.73 Å². The Labute approximate surface area is 106 Å². The van der Waals surface area contributed by atoms with Crippen LogP contribution in [0.4, 0.5) is 0 Å². The Balaban J connectivity index is 2.50. The molecule has 0 fully saturated rings. The Bertz CT molecular complexity index is 305. The van der Waals surface area contributed by atoms with E-state index in [2.05, 4.69) is 50.1 Å². The average molecular weight is 234 g/mol. The van der Waals surface area contributed by atoms with Crippen LogP contribution in [-0.4, -0.2) is 25.0 Å². The van der Waals surface area contributed by atoms with Gasteiger partial charge in [0.25, 0.3) is 0 Å². The summed E-state index contributed by atoms with van der Waals surface area (Å²) in [5.41, 5.74) is 8.40. The van der Waals surface area contributed by atoms with Crippen molar-refractivity contribution in [2.24, 2.45) is 5.73 Å². The van der Waals surface area contributed by atoms with Gasteiger partial charge < -0.3 is 10.6 Å². The predicted molar refractivity (Wildman–Crippen MR) is 75.2 cm³/mol. The molecule has 2 heteroatoms. The van der Waals surface area contributed by atoms with E-state index in [-0.39, 0.29) is 0 Å². The van der Waals surface area contributed by atoms with E-state index < -0.39 is 0 Å². The highest BCUT2D eigenvalue weighted by Gasteiger charge is 2.04. The molecule has 0 aliphatic heterocycles. The van der Waals surface area contributed by atoms with Crippen LogP contribution in [0.15, 0.2) is 24.3 Å². The molecule has 1 aromatic rings. The van der Waals surface area contributed by atoms with Crippen molar-refractivity contribution in [3.63, 3.8) is 0 Å². The summed E-state index contributed by atoms with van der Waals surface area (Å²) in [7, 11) is 2.19.